The van der Waals surface area contributed by atoms with E-state index in [2.05, 4.69) is 43.0 Å². The molecule has 0 radical (unpaired) electrons. The number of para-hydroxylation sites is 1. The standard InChI is InChI=1S/C29H41NO/c1-19-9-11-22-21(18-19)10-12-24-23(22)15-16-29(2)25(24)13-14-26(29)28(31)30-17-5-7-20-6-3-4-8-27(20)30/h3-4,6,8,19,21-26H,5,7,9-18H2,1-2H3. The summed E-state index contributed by atoms with van der Waals surface area (Å²) in [5, 5.41) is 0. The average molecular weight is 420 g/mol. The van der Waals surface area contributed by atoms with Gasteiger partial charge in [0, 0.05) is 18.2 Å². The van der Waals surface area contributed by atoms with Crippen molar-refractivity contribution in [1.82, 2.24) is 0 Å². The van der Waals surface area contributed by atoms with Crippen molar-refractivity contribution in [2.45, 2.75) is 84.5 Å². The second-order valence-electron chi connectivity index (χ2n) is 12.3. The molecule has 1 amide bonds. The molecule has 4 saturated carbocycles. The first kappa shape index (κ1) is 20.3. The van der Waals surface area contributed by atoms with E-state index in [-0.39, 0.29) is 11.3 Å². The molecule has 1 aliphatic heterocycles. The van der Waals surface area contributed by atoms with Crippen LogP contribution in [0.2, 0.25) is 0 Å². The number of hydrogen-bond donors (Lipinski definition) is 0. The van der Waals surface area contributed by atoms with Gasteiger partial charge in [-0.15, -0.1) is 0 Å². The third kappa shape index (κ3) is 3.14. The van der Waals surface area contributed by atoms with E-state index in [4.69, 9.17) is 0 Å². The monoisotopic (exact) mass is 419 g/mol. The van der Waals surface area contributed by atoms with Gasteiger partial charge in [0.15, 0.2) is 0 Å². The predicted molar refractivity (Wildman–Crippen MR) is 127 cm³/mol. The van der Waals surface area contributed by atoms with Gasteiger partial charge in [-0.1, -0.05) is 38.5 Å². The summed E-state index contributed by atoms with van der Waals surface area (Å²) in [6, 6.07) is 8.65. The van der Waals surface area contributed by atoms with Crippen LogP contribution in [0.15, 0.2) is 24.3 Å². The first-order chi connectivity index (χ1) is 15.1. The number of hydrogen-bond acceptors (Lipinski definition) is 1. The van der Waals surface area contributed by atoms with Crippen LogP contribution in [0.5, 0.6) is 0 Å². The zero-order valence-electron chi connectivity index (χ0n) is 19.7. The van der Waals surface area contributed by atoms with Crippen molar-refractivity contribution in [3.05, 3.63) is 29.8 Å². The minimum atomic E-state index is 0.236. The number of aryl methyl sites for hydroxylation is 1. The second-order valence-corrected chi connectivity index (χ2v) is 12.3. The number of benzene rings is 1. The van der Waals surface area contributed by atoms with Crippen molar-refractivity contribution in [3.8, 4) is 0 Å². The smallest absolute Gasteiger partial charge is 0.230 e. The van der Waals surface area contributed by atoms with Crippen molar-refractivity contribution in [1.29, 1.82) is 0 Å². The van der Waals surface area contributed by atoms with Gasteiger partial charge in [0.1, 0.15) is 0 Å². The fourth-order valence-electron chi connectivity index (χ4n) is 9.44. The van der Waals surface area contributed by atoms with E-state index < -0.39 is 0 Å². The maximum Gasteiger partial charge on any atom is 0.230 e. The molecule has 6 rings (SSSR count). The summed E-state index contributed by atoms with van der Waals surface area (Å²) in [5.41, 5.74) is 2.81. The number of carbonyl (C=O) groups is 1. The highest BCUT2D eigenvalue weighted by Gasteiger charge is 2.59. The summed E-state index contributed by atoms with van der Waals surface area (Å²) in [6.07, 6.45) is 14.7. The summed E-state index contributed by atoms with van der Waals surface area (Å²) in [7, 11) is 0. The lowest BCUT2D eigenvalue weighted by atomic mass is 9.49. The van der Waals surface area contributed by atoms with Gasteiger partial charge in [-0.3, -0.25) is 4.79 Å². The van der Waals surface area contributed by atoms with Gasteiger partial charge >= 0.3 is 0 Å². The molecular formula is C29H41NO. The fraction of sp³-hybridized carbons (Fsp3) is 0.759. The predicted octanol–water partition coefficient (Wildman–Crippen LogP) is 6.87. The Kier molecular flexibility index (Phi) is 5.00. The Morgan fingerprint density at radius 1 is 0.968 bits per heavy atom. The molecule has 168 valence electrons. The first-order valence-corrected chi connectivity index (χ1v) is 13.5. The summed E-state index contributed by atoms with van der Waals surface area (Å²) in [5.74, 6) is 6.33. The number of rotatable bonds is 1. The van der Waals surface area contributed by atoms with E-state index in [1.54, 1.807) is 0 Å². The van der Waals surface area contributed by atoms with Crippen molar-refractivity contribution in [2.24, 2.45) is 46.8 Å². The van der Waals surface area contributed by atoms with E-state index >= 15 is 0 Å². The molecule has 31 heavy (non-hydrogen) atoms. The van der Waals surface area contributed by atoms with Crippen LogP contribution >= 0.6 is 0 Å². The van der Waals surface area contributed by atoms with Crippen LogP contribution < -0.4 is 4.90 Å². The molecule has 1 heterocycles. The molecule has 2 nitrogen and oxygen atoms in total. The molecule has 1 aromatic rings. The van der Waals surface area contributed by atoms with Gasteiger partial charge in [-0.2, -0.15) is 0 Å². The normalized spacial score (nSPS) is 44.1. The van der Waals surface area contributed by atoms with Crippen LogP contribution in [0.1, 0.15) is 83.6 Å². The zero-order valence-corrected chi connectivity index (χ0v) is 19.7. The molecule has 4 fully saturated rings. The minimum absolute atomic E-state index is 0.236. The summed E-state index contributed by atoms with van der Waals surface area (Å²) in [6.45, 7) is 5.92. The van der Waals surface area contributed by atoms with Gasteiger partial charge < -0.3 is 4.90 Å². The number of carbonyl (C=O) groups excluding carboxylic acids is 1. The van der Waals surface area contributed by atoms with Crippen molar-refractivity contribution in [2.75, 3.05) is 11.4 Å². The summed E-state index contributed by atoms with van der Waals surface area (Å²) >= 11 is 0. The van der Waals surface area contributed by atoms with Gasteiger partial charge in [-0.25, -0.2) is 0 Å². The van der Waals surface area contributed by atoms with E-state index in [1.807, 2.05) is 0 Å². The van der Waals surface area contributed by atoms with Crippen molar-refractivity contribution in [3.63, 3.8) is 0 Å². The van der Waals surface area contributed by atoms with Crippen LogP contribution in [-0.2, 0) is 11.2 Å². The van der Waals surface area contributed by atoms with Crippen LogP contribution in [0, 0.1) is 46.8 Å². The third-order valence-electron chi connectivity index (χ3n) is 10.9. The number of nitrogens with zero attached hydrogens (tertiary/aromatic N) is 1. The molecule has 4 aliphatic carbocycles. The Labute approximate surface area is 189 Å². The number of anilines is 1. The molecular weight excluding hydrogens is 378 g/mol. The van der Waals surface area contributed by atoms with Gasteiger partial charge in [-0.05, 0) is 117 Å². The number of amides is 1. The average Bonchev–Trinajstić information content (AvgIpc) is 3.15. The van der Waals surface area contributed by atoms with Crippen molar-refractivity contribution < 1.29 is 4.79 Å². The van der Waals surface area contributed by atoms with Crippen LogP contribution in [0.4, 0.5) is 5.69 Å². The number of fused-ring (bicyclic) bond motifs is 6. The van der Waals surface area contributed by atoms with E-state index in [9.17, 15) is 4.79 Å². The molecule has 0 N–H and O–H groups in total. The molecule has 8 atom stereocenters. The Bertz CT molecular complexity index is 847. The third-order valence-corrected chi connectivity index (χ3v) is 10.9. The maximum absolute atomic E-state index is 14.0. The van der Waals surface area contributed by atoms with Crippen molar-refractivity contribution >= 4 is 11.6 Å². The van der Waals surface area contributed by atoms with Gasteiger partial charge in [0.05, 0.1) is 0 Å². The first-order valence-electron chi connectivity index (χ1n) is 13.5. The SMILES string of the molecule is CC1CCC2C(CCC3C2CCC2(C)C(C(=O)N4CCCc5ccccc54)CCC32)C1. The summed E-state index contributed by atoms with van der Waals surface area (Å²) < 4.78 is 0. The molecule has 0 saturated heterocycles. The Balaban J connectivity index is 1.24. The molecule has 8 unspecified atom stereocenters. The fourth-order valence-corrected chi connectivity index (χ4v) is 9.44. The molecule has 2 heteroatoms. The largest absolute Gasteiger partial charge is 0.312 e. The molecule has 1 aromatic carbocycles. The van der Waals surface area contributed by atoms with E-state index in [1.165, 1.54) is 62.6 Å². The second kappa shape index (κ2) is 7.63. The summed E-state index contributed by atoms with van der Waals surface area (Å²) in [4.78, 5) is 16.2. The molecule has 0 spiro atoms. The highest BCUT2D eigenvalue weighted by Crippen LogP contribution is 2.64. The minimum Gasteiger partial charge on any atom is -0.312 e. The van der Waals surface area contributed by atoms with Gasteiger partial charge in [0.2, 0.25) is 5.91 Å². The van der Waals surface area contributed by atoms with E-state index in [0.29, 0.717) is 5.91 Å². The van der Waals surface area contributed by atoms with Crippen LogP contribution in [0.3, 0.4) is 0 Å². The molecule has 0 aromatic heterocycles. The lowest BCUT2D eigenvalue weighted by molar-refractivity contribution is -0.130. The molecule has 5 aliphatic rings. The Morgan fingerprint density at radius 2 is 1.81 bits per heavy atom. The Hall–Kier alpha value is -1.31. The zero-order chi connectivity index (χ0) is 21.2. The van der Waals surface area contributed by atoms with Crippen LogP contribution in [0.25, 0.3) is 0 Å². The lowest BCUT2D eigenvalue weighted by Crippen LogP contribution is -2.51. The highest BCUT2D eigenvalue weighted by molar-refractivity contribution is 5.96. The van der Waals surface area contributed by atoms with E-state index in [0.717, 1.165) is 61.3 Å². The topological polar surface area (TPSA) is 20.3 Å². The maximum atomic E-state index is 14.0. The molecule has 0 bridgehead atoms. The Morgan fingerprint density at radius 3 is 2.71 bits per heavy atom. The quantitative estimate of drug-likeness (QED) is 0.486. The lowest BCUT2D eigenvalue weighted by Gasteiger charge is -2.56. The highest BCUT2D eigenvalue weighted by atomic mass is 16.2. The van der Waals surface area contributed by atoms with Gasteiger partial charge in [0.25, 0.3) is 0 Å². The van der Waals surface area contributed by atoms with Crippen LogP contribution in [-0.4, -0.2) is 12.5 Å².